The highest BCUT2D eigenvalue weighted by molar-refractivity contribution is 9.11. The molecular formula is C19H16Br2O6. The number of benzene rings is 2. The Kier molecular flexibility index (Phi) is 5.39. The van der Waals surface area contributed by atoms with Gasteiger partial charge in [0.25, 0.3) is 0 Å². The molecule has 0 fully saturated rings. The molecule has 2 aromatic carbocycles. The van der Waals surface area contributed by atoms with Gasteiger partial charge in [-0.15, -0.1) is 0 Å². The van der Waals surface area contributed by atoms with E-state index in [0.29, 0.717) is 37.2 Å². The zero-order valence-electron chi connectivity index (χ0n) is 14.7. The summed E-state index contributed by atoms with van der Waals surface area (Å²) in [6, 6.07) is 6.67. The number of aryl methyl sites for hydroxylation is 1. The van der Waals surface area contributed by atoms with Gasteiger partial charge in [-0.05, 0) is 69.0 Å². The third-order valence-corrected chi connectivity index (χ3v) is 5.33. The molecule has 3 aromatic rings. The van der Waals surface area contributed by atoms with Gasteiger partial charge >= 0.3 is 6.16 Å². The number of carboxylic acid groups (broad SMARTS) is 1. The Morgan fingerprint density at radius 2 is 1.89 bits per heavy atom. The molecule has 142 valence electrons. The molecule has 0 aliphatic rings. The monoisotopic (exact) mass is 498 g/mol. The molecule has 0 aliphatic carbocycles. The second-order valence-electron chi connectivity index (χ2n) is 6.21. The van der Waals surface area contributed by atoms with Crippen LogP contribution >= 0.6 is 31.9 Å². The molecule has 27 heavy (non-hydrogen) atoms. The summed E-state index contributed by atoms with van der Waals surface area (Å²) in [4.78, 5) is 11.0. The molecule has 0 spiro atoms. The summed E-state index contributed by atoms with van der Waals surface area (Å²) >= 11 is 6.92. The zero-order chi connectivity index (χ0) is 19.9. The molecular weight excluding hydrogens is 484 g/mol. The first-order valence-electron chi connectivity index (χ1n) is 8.01. The number of rotatable bonds is 4. The number of hydrogen-bond acceptors (Lipinski definition) is 5. The van der Waals surface area contributed by atoms with Crippen molar-refractivity contribution in [2.24, 2.45) is 0 Å². The summed E-state index contributed by atoms with van der Waals surface area (Å²) in [7, 11) is 0. The van der Waals surface area contributed by atoms with Crippen LogP contribution in [0.25, 0.3) is 11.0 Å². The lowest BCUT2D eigenvalue weighted by molar-refractivity contribution is 0.144. The fraction of sp³-hybridized carbons (Fsp3) is 0.211. The molecule has 1 heterocycles. The number of carbonyl (C=O) groups is 1. The highest BCUT2D eigenvalue weighted by atomic mass is 79.9. The van der Waals surface area contributed by atoms with Crippen LogP contribution in [0.15, 0.2) is 37.6 Å². The van der Waals surface area contributed by atoms with Gasteiger partial charge in [0.05, 0.1) is 14.3 Å². The minimum absolute atomic E-state index is 0.107. The lowest BCUT2D eigenvalue weighted by atomic mass is 10.0. The molecule has 1 aromatic heterocycles. The van der Waals surface area contributed by atoms with Crippen molar-refractivity contribution in [3.8, 4) is 23.0 Å². The van der Waals surface area contributed by atoms with Crippen molar-refractivity contribution < 1.29 is 28.9 Å². The lowest BCUT2D eigenvalue weighted by Crippen LogP contribution is -2.03. The van der Waals surface area contributed by atoms with Gasteiger partial charge in [-0.1, -0.05) is 13.8 Å². The van der Waals surface area contributed by atoms with Gasteiger partial charge in [-0.3, -0.25) is 0 Å². The average Bonchev–Trinajstić information content (AvgIpc) is 2.87. The summed E-state index contributed by atoms with van der Waals surface area (Å²) < 4.78 is 17.6. The van der Waals surface area contributed by atoms with Crippen molar-refractivity contribution in [2.75, 3.05) is 0 Å². The van der Waals surface area contributed by atoms with Gasteiger partial charge in [-0.2, -0.15) is 0 Å². The Morgan fingerprint density at radius 3 is 2.52 bits per heavy atom. The van der Waals surface area contributed by atoms with Crippen LogP contribution in [0.1, 0.15) is 31.1 Å². The van der Waals surface area contributed by atoms with Crippen molar-refractivity contribution in [3.63, 3.8) is 0 Å². The lowest BCUT2D eigenvalue weighted by Gasteiger charge is -2.14. The molecule has 3 rings (SSSR count). The van der Waals surface area contributed by atoms with Gasteiger partial charge in [0.15, 0.2) is 11.5 Å². The first-order valence-corrected chi connectivity index (χ1v) is 9.60. The molecule has 8 heteroatoms. The van der Waals surface area contributed by atoms with Gasteiger partial charge < -0.3 is 24.1 Å². The maximum atomic E-state index is 11.0. The second kappa shape index (κ2) is 7.44. The zero-order valence-corrected chi connectivity index (χ0v) is 17.8. The standard InChI is InChI=1S/C19H16Br2O6/c1-8(2)11-6-10(4-5-13(11)22)26-18-12(20)7-14-15(16(18)21)17(9(3)25-14)27-19(23)24/h4-8,22H,1-3H3,(H,23,24). The van der Waals surface area contributed by atoms with Gasteiger partial charge in [0.2, 0.25) is 0 Å². The molecule has 0 saturated carbocycles. The predicted octanol–water partition coefficient (Wildman–Crippen LogP) is 6.94. The van der Waals surface area contributed by atoms with E-state index < -0.39 is 6.16 Å². The molecule has 0 amide bonds. The fourth-order valence-electron chi connectivity index (χ4n) is 2.74. The summed E-state index contributed by atoms with van der Waals surface area (Å²) in [5.41, 5.74) is 1.21. The van der Waals surface area contributed by atoms with E-state index in [1.54, 1.807) is 31.2 Å². The highest BCUT2D eigenvalue weighted by Gasteiger charge is 2.23. The third kappa shape index (κ3) is 3.77. The number of phenolic OH excluding ortho intramolecular Hbond substituents is 1. The maximum absolute atomic E-state index is 11.0. The van der Waals surface area contributed by atoms with E-state index in [1.165, 1.54) is 0 Å². The van der Waals surface area contributed by atoms with Crippen molar-refractivity contribution in [1.82, 2.24) is 0 Å². The van der Waals surface area contributed by atoms with E-state index in [0.717, 1.165) is 5.56 Å². The average molecular weight is 500 g/mol. The number of ether oxygens (including phenoxy) is 2. The molecule has 0 unspecified atom stereocenters. The number of halogens is 2. The second-order valence-corrected chi connectivity index (χ2v) is 7.85. The Labute approximate surface area is 172 Å². The van der Waals surface area contributed by atoms with Crippen LogP contribution in [-0.2, 0) is 0 Å². The van der Waals surface area contributed by atoms with Crippen LogP contribution in [0, 0.1) is 6.92 Å². The molecule has 0 bridgehead atoms. The van der Waals surface area contributed by atoms with E-state index in [-0.39, 0.29) is 17.4 Å². The summed E-state index contributed by atoms with van der Waals surface area (Å²) in [6.45, 7) is 5.56. The van der Waals surface area contributed by atoms with Crippen LogP contribution in [-0.4, -0.2) is 16.4 Å². The number of aromatic hydroxyl groups is 1. The SMILES string of the molecule is Cc1oc2cc(Br)c(Oc3ccc(O)c(C(C)C)c3)c(Br)c2c1OC(=O)O. The number of phenols is 1. The Morgan fingerprint density at radius 1 is 1.19 bits per heavy atom. The largest absolute Gasteiger partial charge is 0.511 e. The summed E-state index contributed by atoms with van der Waals surface area (Å²) in [6.07, 6.45) is -1.43. The smallest absolute Gasteiger partial charge is 0.508 e. The first-order chi connectivity index (χ1) is 12.7. The minimum atomic E-state index is -1.43. The molecule has 0 aliphatic heterocycles. The minimum Gasteiger partial charge on any atom is -0.508 e. The number of hydrogen-bond donors (Lipinski definition) is 2. The topological polar surface area (TPSA) is 89.1 Å². The van der Waals surface area contributed by atoms with Crippen LogP contribution < -0.4 is 9.47 Å². The Balaban J connectivity index is 2.12. The third-order valence-electron chi connectivity index (χ3n) is 3.98. The summed E-state index contributed by atoms with van der Waals surface area (Å²) in [5.74, 6) is 1.72. The van der Waals surface area contributed by atoms with Crippen LogP contribution in [0.5, 0.6) is 23.0 Å². The van der Waals surface area contributed by atoms with Gasteiger partial charge in [0.1, 0.15) is 22.8 Å². The van der Waals surface area contributed by atoms with E-state index >= 15 is 0 Å². The molecule has 6 nitrogen and oxygen atoms in total. The van der Waals surface area contributed by atoms with Crippen LogP contribution in [0.3, 0.4) is 0 Å². The fourth-order valence-corrected chi connectivity index (χ4v) is 4.16. The van der Waals surface area contributed by atoms with Gasteiger partial charge in [0, 0.05) is 5.56 Å². The molecule has 0 atom stereocenters. The quantitative estimate of drug-likeness (QED) is 0.377. The highest BCUT2D eigenvalue weighted by Crippen LogP contribution is 2.47. The van der Waals surface area contributed by atoms with E-state index in [2.05, 4.69) is 31.9 Å². The van der Waals surface area contributed by atoms with Crippen molar-refractivity contribution >= 4 is 49.0 Å². The maximum Gasteiger partial charge on any atom is 0.511 e. The Bertz CT molecular complexity index is 1040. The van der Waals surface area contributed by atoms with Gasteiger partial charge in [-0.25, -0.2) is 4.79 Å². The first kappa shape index (κ1) is 19.6. The van der Waals surface area contributed by atoms with E-state index in [4.69, 9.17) is 19.0 Å². The van der Waals surface area contributed by atoms with Crippen molar-refractivity contribution in [2.45, 2.75) is 26.7 Å². The molecule has 0 radical (unpaired) electrons. The van der Waals surface area contributed by atoms with Crippen molar-refractivity contribution in [3.05, 3.63) is 44.5 Å². The Hall–Kier alpha value is -2.19. The normalized spacial score (nSPS) is 11.2. The van der Waals surface area contributed by atoms with Crippen LogP contribution in [0.2, 0.25) is 0 Å². The van der Waals surface area contributed by atoms with E-state index in [9.17, 15) is 9.90 Å². The van der Waals surface area contributed by atoms with Crippen LogP contribution in [0.4, 0.5) is 4.79 Å². The predicted molar refractivity (Wildman–Crippen MR) is 107 cm³/mol. The molecule has 2 N–H and O–H groups in total. The summed E-state index contributed by atoms with van der Waals surface area (Å²) in [5, 5.41) is 19.4. The molecule has 0 saturated heterocycles. The number of furan rings is 1. The van der Waals surface area contributed by atoms with Crippen molar-refractivity contribution in [1.29, 1.82) is 0 Å². The number of fused-ring (bicyclic) bond motifs is 1. The van der Waals surface area contributed by atoms with E-state index in [1.807, 2.05) is 13.8 Å².